The van der Waals surface area contributed by atoms with Gasteiger partial charge in [-0.05, 0) is 84.9 Å². The molecule has 2 amide bonds. The molecule has 0 aliphatic heterocycles. The van der Waals surface area contributed by atoms with Crippen molar-refractivity contribution in [3.05, 3.63) is 119 Å². The number of thioether (sulfide) groups is 3. The molecule has 0 aliphatic rings. The average molecular weight is 1220 g/mol. The van der Waals surface area contributed by atoms with Crippen molar-refractivity contribution in [1.29, 1.82) is 0 Å². The molecule has 0 aromatic heterocycles. The minimum absolute atomic E-state index is 0.0165. The van der Waals surface area contributed by atoms with Gasteiger partial charge in [0.2, 0.25) is 11.8 Å². The van der Waals surface area contributed by atoms with Crippen molar-refractivity contribution in [2.75, 3.05) is 77.1 Å². The lowest BCUT2D eigenvalue weighted by Crippen LogP contribution is -2.47. The van der Waals surface area contributed by atoms with E-state index in [1.807, 2.05) is 104 Å². The lowest BCUT2D eigenvalue weighted by Gasteiger charge is -2.23. The zero-order chi connectivity index (χ0) is 58.5. The van der Waals surface area contributed by atoms with Crippen LogP contribution in [-0.2, 0) is 51.9 Å². The number of amides is 2. The molecule has 0 spiro atoms. The van der Waals surface area contributed by atoms with E-state index in [0.29, 0.717) is 53.2 Å². The van der Waals surface area contributed by atoms with Crippen LogP contribution < -0.4 is 40.2 Å². The Labute approximate surface area is 503 Å². The molecule has 436 valence electrons. The van der Waals surface area contributed by atoms with Crippen molar-refractivity contribution >= 4 is 120 Å². The standard InChI is InChI=1S/C37H48N2O6S3.C13H24N2O3S3.C8H9ClO/c1-6-35(40)34(25-48-22-28-11-17-32(45-5)18-12-28)39-37(42)29(23-46-20-26-7-13-30(43-3)14-8-26)19-36(41)33(38-2)24-47-21-27-9-15-31(44-4)16-10-27;1-3-11(16)10(7-21)15-13(18)8(5-19)4-12(17)9(6-20)14-2;1-10-8-4-2-7(6-9)3-5-8/h7-18,29,33-34,38H,6,19-25H2,1-5H3,(H,39,42);8-10,14,19-21H,3-7H2,1-2H3,(H,15,18);2-5H,6H2,1H3/t29-,33-,34-;8-,9-,10-;/m00./s1. The maximum atomic E-state index is 13.8. The Hall–Kier alpha value is -3.99. The van der Waals surface area contributed by atoms with Crippen LogP contribution in [-0.4, -0.2) is 136 Å². The highest BCUT2D eigenvalue weighted by atomic mass is 35.5. The van der Waals surface area contributed by atoms with E-state index >= 15 is 0 Å². The van der Waals surface area contributed by atoms with Crippen molar-refractivity contribution in [1.82, 2.24) is 21.3 Å². The number of ether oxygens (including phenoxy) is 4. The molecule has 6 atom stereocenters. The summed E-state index contributed by atoms with van der Waals surface area (Å²) >= 11 is 22.7. The van der Waals surface area contributed by atoms with E-state index < -0.39 is 30.0 Å². The van der Waals surface area contributed by atoms with Crippen molar-refractivity contribution in [2.24, 2.45) is 11.8 Å². The molecular weight excluding hydrogens is 1140 g/mol. The van der Waals surface area contributed by atoms with Gasteiger partial charge in [0.1, 0.15) is 23.0 Å². The molecule has 0 fully saturated rings. The van der Waals surface area contributed by atoms with Crippen LogP contribution in [0.3, 0.4) is 0 Å². The van der Waals surface area contributed by atoms with Crippen molar-refractivity contribution in [3.8, 4) is 23.0 Å². The van der Waals surface area contributed by atoms with E-state index in [2.05, 4.69) is 59.2 Å². The van der Waals surface area contributed by atoms with Crippen LogP contribution in [0.15, 0.2) is 97.1 Å². The maximum Gasteiger partial charge on any atom is 0.225 e. The molecule has 0 aliphatic carbocycles. The van der Waals surface area contributed by atoms with Gasteiger partial charge in [-0.1, -0.05) is 62.4 Å². The highest BCUT2D eigenvalue weighted by molar-refractivity contribution is 7.99. The third-order valence-electron chi connectivity index (χ3n) is 12.3. The van der Waals surface area contributed by atoms with Crippen molar-refractivity contribution in [3.63, 3.8) is 0 Å². The summed E-state index contributed by atoms with van der Waals surface area (Å²) in [6.07, 6.45) is 0.803. The Morgan fingerprint density at radius 3 is 1.13 bits per heavy atom. The number of carbonyl (C=O) groups excluding carboxylic acids is 6. The molecular formula is C58H81ClN4O10S6. The summed E-state index contributed by atoms with van der Waals surface area (Å²) in [5, 5.41) is 11.7. The summed E-state index contributed by atoms with van der Waals surface area (Å²) < 4.78 is 20.7. The number of halogens is 1. The van der Waals surface area contributed by atoms with Crippen LogP contribution in [0.5, 0.6) is 23.0 Å². The number of rotatable bonds is 36. The topological polar surface area (TPSA) is 187 Å². The van der Waals surface area contributed by atoms with Gasteiger partial charge in [-0.3, -0.25) is 28.8 Å². The second-order valence-corrected chi connectivity index (χ2v) is 22.3. The van der Waals surface area contributed by atoms with Gasteiger partial charge in [0, 0.05) is 83.3 Å². The molecule has 0 radical (unpaired) electrons. The molecule has 0 bridgehead atoms. The largest absolute Gasteiger partial charge is 0.497 e. The van der Waals surface area contributed by atoms with Gasteiger partial charge >= 0.3 is 0 Å². The molecule has 14 nitrogen and oxygen atoms in total. The molecule has 21 heteroatoms. The van der Waals surface area contributed by atoms with Crippen LogP contribution >= 0.6 is 84.8 Å². The fraction of sp³-hybridized carbons (Fsp3) is 0.483. The summed E-state index contributed by atoms with van der Waals surface area (Å²) in [5.41, 5.74) is 4.47. The number of thiol groups is 3. The first-order valence-electron chi connectivity index (χ1n) is 25.8. The smallest absolute Gasteiger partial charge is 0.225 e. The molecule has 0 saturated heterocycles. The van der Waals surface area contributed by atoms with Gasteiger partial charge in [0.25, 0.3) is 0 Å². The molecule has 0 unspecified atom stereocenters. The summed E-state index contributed by atoms with van der Waals surface area (Å²) in [7, 11) is 10.0. The number of ketones is 4. The predicted molar refractivity (Wildman–Crippen MR) is 338 cm³/mol. The van der Waals surface area contributed by atoms with Crippen LogP contribution in [0, 0.1) is 11.8 Å². The highest BCUT2D eigenvalue weighted by Gasteiger charge is 2.30. The van der Waals surface area contributed by atoms with Gasteiger partial charge in [-0.15, -0.1) is 11.6 Å². The molecule has 0 heterocycles. The van der Waals surface area contributed by atoms with Crippen LogP contribution in [0.2, 0.25) is 0 Å². The minimum atomic E-state index is -0.630. The molecule has 4 aromatic carbocycles. The van der Waals surface area contributed by atoms with E-state index in [1.54, 1.807) is 84.7 Å². The maximum absolute atomic E-state index is 13.8. The molecule has 0 saturated carbocycles. The van der Waals surface area contributed by atoms with Crippen molar-refractivity contribution < 1.29 is 47.7 Å². The molecule has 4 N–H and O–H groups in total. The number of likely N-dealkylation sites (N-methyl/N-ethyl adjacent to an activating group) is 2. The normalized spacial score (nSPS) is 13.0. The number of carbonyl (C=O) groups is 6. The van der Waals surface area contributed by atoms with E-state index in [1.165, 1.54) is 0 Å². The zero-order valence-electron chi connectivity index (χ0n) is 46.6. The van der Waals surface area contributed by atoms with Gasteiger partial charge in [-0.2, -0.15) is 73.2 Å². The number of hydrogen-bond acceptors (Lipinski definition) is 18. The van der Waals surface area contributed by atoms with Crippen molar-refractivity contribution in [2.45, 2.75) is 86.8 Å². The SMILES string of the molecule is CCC(=O)[C@H](CS)NC(=O)[C@H](CS)CC(=O)[C@H](CS)NC.CCC(=O)[C@H](CSCc1ccc(OC)cc1)NC(=O)[C@H](CSCc1ccc(OC)cc1)CC(=O)[C@H](CSCc1ccc(OC)cc1)NC.COc1ccc(CCl)cc1. The van der Waals surface area contributed by atoms with Gasteiger partial charge in [0.15, 0.2) is 23.1 Å². The lowest BCUT2D eigenvalue weighted by molar-refractivity contribution is -0.131. The monoisotopic (exact) mass is 1220 g/mol. The molecule has 4 aromatic rings. The second kappa shape index (κ2) is 41.9. The number of alkyl halides is 1. The summed E-state index contributed by atoms with van der Waals surface area (Å²) in [6.45, 7) is 3.54. The fourth-order valence-corrected chi connectivity index (χ4v) is 11.7. The lowest BCUT2D eigenvalue weighted by atomic mass is 9.99. The number of hydrogen-bond donors (Lipinski definition) is 7. The van der Waals surface area contributed by atoms with Crippen LogP contribution in [0.1, 0.15) is 61.8 Å². The van der Waals surface area contributed by atoms with Gasteiger partial charge in [-0.25, -0.2) is 0 Å². The van der Waals surface area contributed by atoms with Crippen LogP contribution in [0.25, 0.3) is 0 Å². The zero-order valence-corrected chi connectivity index (χ0v) is 52.5. The number of benzene rings is 4. The van der Waals surface area contributed by atoms with E-state index in [0.717, 1.165) is 51.0 Å². The third-order valence-corrected chi connectivity index (χ3v) is 17.2. The Bertz CT molecular complexity index is 2370. The van der Waals surface area contributed by atoms with E-state index in [-0.39, 0.29) is 65.3 Å². The summed E-state index contributed by atoms with van der Waals surface area (Å²) in [5.74, 6) is 6.30. The number of nitrogens with one attached hydrogen (secondary N) is 4. The Balaban J connectivity index is 0.000000561. The summed E-state index contributed by atoms with van der Waals surface area (Å²) in [4.78, 5) is 76.2. The Morgan fingerprint density at radius 2 is 0.772 bits per heavy atom. The first-order chi connectivity index (χ1) is 38.1. The average Bonchev–Trinajstić information content (AvgIpc) is 3.49. The van der Waals surface area contributed by atoms with E-state index in [9.17, 15) is 28.8 Å². The number of methoxy groups -OCH3 is 4. The fourth-order valence-electron chi connectivity index (χ4n) is 7.23. The predicted octanol–water partition coefficient (Wildman–Crippen LogP) is 9.28. The van der Waals surface area contributed by atoms with Gasteiger partial charge < -0.3 is 40.2 Å². The highest BCUT2D eigenvalue weighted by Crippen LogP contribution is 2.24. The molecule has 4 rings (SSSR count). The second-order valence-electron chi connectivity index (χ2n) is 17.8. The Morgan fingerprint density at radius 1 is 0.443 bits per heavy atom. The van der Waals surface area contributed by atoms with E-state index in [4.69, 9.17) is 30.5 Å². The number of Topliss-reactive ketones (excluding diaryl/α,β-unsaturated/α-hetero) is 4. The quantitative estimate of drug-likeness (QED) is 0.0169. The third kappa shape index (κ3) is 27.6. The minimum Gasteiger partial charge on any atom is -0.497 e. The Kier molecular flexibility index (Phi) is 37.7. The van der Waals surface area contributed by atoms with Gasteiger partial charge in [0.05, 0.1) is 64.4 Å². The first-order valence-corrected chi connectivity index (χ1v) is 31.7. The molecule has 79 heavy (non-hydrogen) atoms. The summed E-state index contributed by atoms with van der Waals surface area (Å²) in [6, 6.07) is 29.2. The van der Waals surface area contributed by atoms with Crippen LogP contribution in [0.4, 0.5) is 0 Å². The first kappa shape index (κ1) is 71.1.